The Balaban J connectivity index is 2.17. The van der Waals surface area contributed by atoms with Crippen LogP contribution < -0.4 is 5.32 Å². The van der Waals surface area contributed by atoms with Gasteiger partial charge in [-0.25, -0.2) is 0 Å². The monoisotopic (exact) mass is 954 g/mol. The number of unbranched alkanes of at least 4 members (excludes halogenated alkanes) is 42. The van der Waals surface area contributed by atoms with Crippen LogP contribution in [0.2, 0.25) is 0 Å². The number of rotatable bonds is 52. The Bertz CT molecular complexity index is 1020. The SMILES string of the molecule is CCCCCCCCCCCCCCCCCCCCCCCCCCCCC(O)C(COC1OC(CO)C(O)C(O)C1O)NC(=O)CCCCCCCCCCCCCCCCCCCC. The molecule has 6 N–H and O–H groups in total. The van der Waals surface area contributed by atoms with Gasteiger partial charge in [0.15, 0.2) is 6.29 Å². The summed E-state index contributed by atoms with van der Waals surface area (Å²) in [5, 5.41) is 54.7. The second-order valence-corrected chi connectivity index (χ2v) is 21.2. The first-order valence-electron chi connectivity index (χ1n) is 29.7. The lowest BCUT2D eigenvalue weighted by atomic mass is 9.99. The number of nitrogens with one attached hydrogen (secondary N) is 1. The van der Waals surface area contributed by atoms with Crippen molar-refractivity contribution in [1.82, 2.24) is 5.32 Å². The van der Waals surface area contributed by atoms with E-state index in [0.717, 1.165) is 38.5 Å². The fourth-order valence-electron chi connectivity index (χ4n) is 9.99. The van der Waals surface area contributed by atoms with Crippen molar-refractivity contribution in [2.75, 3.05) is 13.2 Å². The van der Waals surface area contributed by atoms with E-state index in [4.69, 9.17) is 9.47 Å². The third-order valence-electron chi connectivity index (χ3n) is 14.7. The van der Waals surface area contributed by atoms with Crippen molar-refractivity contribution >= 4 is 5.91 Å². The predicted molar refractivity (Wildman–Crippen MR) is 281 cm³/mol. The highest BCUT2D eigenvalue weighted by atomic mass is 16.7. The first-order chi connectivity index (χ1) is 32.8. The molecule has 1 saturated heterocycles. The Kier molecular flexibility index (Phi) is 46.8. The van der Waals surface area contributed by atoms with Gasteiger partial charge in [0.25, 0.3) is 0 Å². The van der Waals surface area contributed by atoms with Crippen molar-refractivity contribution in [3.8, 4) is 0 Å². The van der Waals surface area contributed by atoms with Gasteiger partial charge in [-0.05, 0) is 12.8 Å². The lowest BCUT2D eigenvalue weighted by molar-refractivity contribution is -0.302. The molecule has 1 aliphatic rings. The molecule has 0 aromatic heterocycles. The van der Waals surface area contributed by atoms with Crippen LogP contribution >= 0.6 is 0 Å². The molecule has 400 valence electrons. The van der Waals surface area contributed by atoms with E-state index in [-0.39, 0.29) is 12.5 Å². The van der Waals surface area contributed by atoms with Crippen LogP contribution in [0.25, 0.3) is 0 Å². The summed E-state index contributed by atoms with van der Waals surface area (Å²) in [7, 11) is 0. The molecule has 0 radical (unpaired) electrons. The summed E-state index contributed by atoms with van der Waals surface area (Å²) < 4.78 is 11.3. The van der Waals surface area contributed by atoms with Crippen LogP contribution in [0, 0.1) is 0 Å². The van der Waals surface area contributed by atoms with Crippen molar-refractivity contribution in [3.05, 3.63) is 0 Å². The molecule has 1 heterocycles. The second-order valence-electron chi connectivity index (χ2n) is 21.2. The summed E-state index contributed by atoms with van der Waals surface area (Å²) in [5.74, 6) is -0.136. The van der Waals surface area contributed by atoms with E-state index in [1.807, 2.05) is 0 Å². The first-order valence-corrected chi connectivity index (χ1v) is 29.7. The van der Waals surface area contributed by atoms with Gasteiger partial charge in [0.05, 0.1) is 25.4 Å². The lowest BCUT2D eigenvalue weighted by Gasteiger charge is -2.40. The Labute approximate surface area is 414 Å². The average molecular weight is 955 g/mol. The summed E-state index contributed by atoms with van der Waals surface area (Å²) >= 11 is 0. The van der Waals surface area contributed by atoms with Gasteiger partial charge in [-0.2, -0.15) is 0 Å². The fourth-order valence-corrected chi connectivity index (χ4v) is 9.99. The number of carbonyl (C=O) groups excluding carboxylic acids is 1. The Morgan fingerprint density at radius 3 is 1.06 bits per heavy atom. The minimum atomic E-state index is -1.55. The van der Waals surface area contributed by atoms with Crippen LogP contribution in [0.5, 0.6) is 0 Å². The van der Waals surface area contributed by atoms with E-state index in [1.54, 1.807) is 0 Å². The zero-order valence-electron chi connectivity index (χ0n) is 44.4. The van der Waals surface area contributed by atoms with Crippen molar-refractivity contribution in [2.45, 2.75) is 352 Å². The van der Waals surface area contributed by atoms with Crippen LogP contribution in [-0.2, 0) is 14.3 Å². The second kappa shape index (κ2) is 48.8. The fraction of sp³-hybridized carbons (Fsp3) is 0.983. The van der Waals surface area contributed by atoms with Gasteiger partial charge in [-0.3, -0.25) is 4.79 Å². The van der Waals surface area contributed by atoms with Crippen LogP contribution in [0.3, 0.4) is 0 Å². The van der Waals surface area contributed by atoms with E-state index in [1.165, 1.54) is 244 Å². The van der Waals surface area contributed by atoms with E-state index in [9.17, 15) is 30.3 Å². The van der Waals surface area contributed by atoms with Crippen molar-refractivity contribution in [1.29, 1.82) is 0 Å². The molecular weight excluding hydrogens is 839 g/mol. The summed E-state index contributed by atoms with van der Waals surface area (Å²) in [6.07, 6.45) is 51.4. The maximum absolute atomic E-state index is 13.1. The number of ether oxygens (including phenoxy) is 2. The normalized spacial score (nSPS) is 19.5. The van der Waals surface area contributed by atoms with Gasteiger partial charge in [0, 0.05) is 6.42 Å². The molecular formula is C58H115NO8. The molecule has 1 aliphatic heterocycles. The molecule has 0 aliphatic carbocycles. The van der Waals surface area contributed by atoms with Gasteiger partial charge in [0.1, 0.15) is 24.4 Å². The standard InChI is InChI=1S/C58H115NO8/c1-3-5-7-9-11-13-15-17-19-21-23-24-25-26-27-28-29-30-31-33-35-37-39-41-43-45-47-52(61)51(50-66-58-57(65)56(64)55(63)53(49-60)67-58)59-54(62)48-46-44-42-40-38-36-34-32-22-20-18-16-14-12-10-8-6-4-2/h51-53,55-58,60-61,63-65H,3-50H2,1-2H3,(H,59,62). The molecule has 9 nitrogen and oxygen atoms in total. The van der Waals surface area contributed by atoms with Crippen molar-refractivity contribution in [2.24, 2.45) is 0 Å². The molecule has 0 saturated carbocycles. The summed E-state index contributed by atoms with van der Waals surface area (Å²) in [6, 6.07) is -0.713. The average Bonchev–Trinajstić information content (AvgIpc) is 3.33. The number of aliphatic hydroxyl groups is 5. The summed E-state index contributed by atoms with van der Waals surface area (Å²) in [5.41, 5.74) is 0. The minimum absolute atomic E-state index is 0.131. The maximum atomic E-state index is 13.1. The van der Waals surface area contributed by atoms with E-state index in [0.29, 0.717) is 12.8 Å². The molecule has 0 spiro atoms. The smallest absolute Gasteiger partial charge is 0.220 e. The highest BCUT2D eigenvalue weighted by Gasteiger charge is 2.44. The number of aliphatic hydroxyl groups excluding tert-OH is 5. The molecule has 0 bridgehead atoms. The Morgan fingerprint density at radius 2 is 0.746 bits per heavy atom. The Morgan fingerprint density at radius 1 is 0.448 bits per heavy atom. The van der Waals surface area contributed by atoms with Gasteiger partial charge >= 0.3 is 0 Å². The predicted octanol–water partition coefficient (Wildman–Crippen LogP) is 14.6. The van der Waals surface area contributed by atoms with E-state index in [2.05, 4.69) is 19.2 Å². The Hall–Kier alpha value is -0.810. The van der Waals surface area contributed by atoms with Crippen molar-refractivity contribution < 1.29 is 39.8 Å². The van der Waals surface area contributed by atoms with E-state index < -0.39 is 49.5 Å². The highest BCUT2D eigenvalue weighted by molar-refractivity contribution is 5.76. The third kappa shape index (κ3) is 38.5. The van der Waals surface area contributed by atoms with Gasteiger partial charge in [-0.1, -0.05) is 290 Å². The number of carbonyl (C=O) groups is 1. The van der Waals surface area contributed by atoms with Crippen LogP contribution in [0.4, 0.5) is 0 Å². The molecule has 1 rings (SSSR count). The molecule has 9 heteroatoms. The molecule has 1 fully saturated rings. The molecule has 7 unspecified atom stereocenters. The zero-order valence-corrected chi connectivity index (χ0v) is 44.4. The third-order valence-corrected chi connectivity index (χ3v) is 14.7. The number of hydrogen-bond donors (Lipinski definition) is 6. The largest absolute Gasteiger partial charge is 0.394 e. The van der Waals surface area contributed by atoms with Gasteiger partial charge < -0.3 is 40.3 Å². The topological polar surface area (TPSA) is 149 Å². The molecule has 0 aromatic rings. The van der Waals surface area contributed by atoms with Crippen LogP contribution in [0.15, 0.2) is 0 Å². The molecule has 67 heavy (non-hydrogen) atoms. The summed E-state index contributed by atoms with van der Waals surface area (Å²) in [6.45, 7) is 3.89. The number of amides is 1. The highest BCUT2D eigenvalue weighted by Crippen LogP contribution is 2.23. The molecule has 0 aromatic carbocycles. The maximum Gasteiger partial charge on any atom is 0.220 e. The number of hydrogen-bond acceptors (Lipinski definition) is 8. The van der Waals surface area contributed by atoms with E-state index >= 15 is 0 Å². The van der Waals surface area contributed by atoms with Crippen LogP contribution in [0.1, 0.15) is 309 Å². The first kappa shape index (κ1) is 64.2. The quantitative estimate of drug-likeness (QED) is 0.0330. The van der Waals surface area contributed by atoms with Crippen LogP contribution in [-0.4, -0.2) is 87.5 Å². The van der Waals surface area contributed by atoms with Crippen molar-refractivity contribution in [3.63, 3.8) is 0 Å². The zero-order chi connectivity index (χ0) is 48.7. The van der Waals surface area contributed by atoms with Gasteiger partial charge in [-0.15, -0.1) is 0 Å². The molecule has 7 atom stereocenters. The summed E-state index contributed by atoms with van der Waals surface area (Å²) in [4.78, 5) is 13.1. The molecule has 1 amide bonds. The lowest BCUT2D eigenvalue weighted by Crippen LogP contribution is -2.60. The minimum Gasteiger partial charge on any atom is -0.394 e. The van der Waals surface area contributed by atoms with Gasteiger partial charge in [0.2, 0.25) is 5.91 Å².